The van der Waals surface area contributed by atoms with E-state index >= 15 is 0 Å². The molecule has 0 N–H and O–H groups in total. The maximum absolute atomic E-state index is 11.8. The first-order valence-electron chi connectivity index (χ1n) is 5.12. The van der Waals surface area contributed by atoms with Crippen LogP contribution in [-0.4, -0.2) is 14.9 Å². The van der Waals surface area contributed by atoms with Gasteiger partial charge in [0.25, 0.3) is 5.56 Å². The van der Waals surface area contributed by atoms with Crippen molar-refractivity contribution >= 4 is 31.9 Å². The van der Waals surface area contributed by atoms with Gasteiger partial charge in [0, 0.05) is 18.1 Å². The molecule has 5 heteroatoms. The fourth-order valence-electron chi connectivity index (χ4n) is 1.35. The molecule has 0 saturated carbocycles. The Kier molecular flexibility index (Phi) is 4.73. The molecule has 0 radical (unpaired) electrons. The van der Waals surface area contributed by atoms with Crippen LogP contribution < -0.4 is 5.56 Å². The lowest BCUT2D eigenvalue weighted by Gasteiger charge is -2.29. The summed E-state index contributed by atoms with van der Waals surface area (Å²) in [5, 5.41) is 0.870. The first-order valence-corrected chi connectivity index (χ1v) is 7.03. The van der Waals surface area contributed by atoms with Crippen molar-refractivity contribution in [3.05, 3.63) is 27.4 Å². The van der Waals surface area contributed by atoms with E-state index in [1.165, 1.54) is 6.20 Å². The van der Waals surface area contributed by atoms with Crippen molar-refractivity contribution in [2.24, 2.45) is 11.3 Å². The average Bonchev–Trinajstić information content (AvgIpc) is 2.18. The van der Waals surface area contributed by atoms with Gasteiger partial charge in [-0.2, -0.15) is 0 Å². The van der Waals surface area contributed by atoms with Gasteiger partial charge in [0.05, 0.1) is 6.33 Å². The van der Waals surface area contributed by atoms with Crippen LogP contribution in [0.2, 0.25) is 0 Å². The monoisotopic (exact) mass is 350 g/mol. The minimum Gasteiger partial charge on any atom is -0.298 e. The normalized spacial score (nSPS) is 13.8. The number of rotatable bonds is 3. The van der Waals surface area contributed by atoms with Gasteiger partial charge in [-0.1, -0.05) is 36.7 Å². The third-order valence-corrected chi connectivity index (χ3v) is 4.01. The summed E-state index contributed by atoms with van der Waals surface area (Å²) in [6, 6.07) is 0. The summed E-state index contributed by atoms with van der Waals surface area (Å²) in [6.45, 7) is 7.21. The van der Waals surface area contributed by atoms with Crippen LogP contribution in [0.15, 0.2) is 21.8 Å². The van der Waals surface area contributed by atoms with E-state index < -0.39 is 0 Å². The molecule has 1 rings (SSSR count). The number of hydrogen-bond donors (Lipinski definition) is 0. The standard InChI is InChI=1S/C11H16Br2N2O/c1-11(2,3)8(4-12)6-15-7-14-5-9(13)10(15)16/h5,7-8H,4,6H2,1-3H3. The molecule has 16 heavy (non-hydrogen) atoms. The van der Waals surface area contributed by atoms with Crippen LogP contribution in [0, 0.1) is 11.3 Å². The van der Waals surface area contributed by atoms with E-state index in [1.54, 1.807) is 10.9 Å². The number of nitrogens with zero attached hydrogens (tertiary/aromatic N) is 2. The summed E-state index contributed by atoms with van der Waals surface area (Å²) in [7, 11) is 0. The highest BCUT2D eigenvalue weighted by atomic mass is 79.9. The summed E-state index contributed by atoms with van der Waals surface area (Å²) in [6.07, 6.45) is 3.12. The zero-order valence-corrected chi connectivity index (χ0v) is 12.9. The fraction of sp³-hybridized carbons (Fsp3) is 0.636. The maximum Gasteiger partial charge on any atom is 0.267 e. The lowest BCUT2D eigenvalue weighted by Crippen LogP contribution is -2.31. The van der Waals surface area contributed by atoms with Gasteiger partial charge < -0.3 is 0 Å². The third-order valence-electron chi connectivity index (χ3n) is 2.69. The molecule has 0 aromatic carbocycles. The number of hydrogen-bond acceptors (Lipinski definition) is 2. The van der Waals surface area contributed by atoms with Gasteiger partial charge in [-0.3, -0.25) is 9.36 Å². The van der Waals surface area contributed by atoms with E-state index in [0.29, 0.717) is 16.9 Å². The van der Waals surface area contributed by atoms with E-state index in [0.717, 1.165) is 5.33 Å². The van der Waals surface area contributed by atoms with Crippen molar-refractivity contribution in [1.29, 1.82) is 0 Å². The van der Waals surface area contributed by atoms with E-state index in [4.69, 9.17) is 0 Å². The molecule has 0 bridgehead atoms. The van der Waals surface area contributed by atoms with Gasteiger partial charge >= 0.3 is 0 Å². The minimum atomic E-state index is -0.0230. The van der Waals surface area contributed by atoms with Crippen LogP contribution in [0.1, 0.15) is 20.8 Å². The second kappa shape index (κ2) is 5.45. The highest BCUT2D eigenvalue weighted by Crippen LogP contribution is 2.28. The first-order chi connectivity index (χ1) is 7.36. The van der Waals surface area contributed by atoms with Crippen LogP contribution in [0.5, 0.6) is 0 Å². The minimum absolute atomic E-state index is 0.0230. The van der Waals surface area contributed by atoms with E-state index in [1.807, 2.05) is 0 Å². The van der Waals surface area contributed by atoms with Gasteiger partial charge in [0.1, 0.15) is 4.47 Å². The Morgan fingerprint density at radius 2 is 2.12 bits per heavy atom. The molecule has 0 saturated heterocycles. The molecule has 1 aromatic heterocycles. The SMILES string of the molecule is CC(C)(C)C(CBr)Cn1cncc(Br)c1=O. The summed E-state index contributed by atoms with van der Waals surface area (Å²) in [5.74, 6) is 0.390. The van der Waals surface area contributed by atoms with Crippen LogP contribution in [0.3, 0.4) is 0 Å². The smallest absolute Gasteiger partial charge is 0.267 e. The van der Waals surface area contributed by atoms with Gasteiger partial charge in [0.2, 0.25) is 0 Å². The quantitative estimate of drug-likeness (QED) is 0.784. The largest absolute Gasteiger partial charge is 0.298 e. The average molecular weight is 352 g/mol. The van der Waals surface area contributed by atoms with Gasteiger partial charge in [-0.15, -0.1) is 0 Å². The van der Waals surface area contributed by atoms with E-state index in [2.05, 4.69) is 57.6 Å². The predicted molar refractivity (Wildman–Crippen MR) is 72.9 cm³/mol. The van der Waals surface area contributed by atoms with E-state index in [9.17, 15) is 4.79 Å². The van der Waals surface area contributed by atoms with Crippen molar-refractivity contribution in [2.75, 3.05) is 5.33 Å². The molecule has 0 fully saturated rings. The molecule has 0 amide bonds. The second-order valence-corrected chi connectivity index (χ2v) is 6.42. The molecule has 0 aliphatic carbocycles. The van der Waals surface area contributed by atoms with Crippen LogP contribution >= 0.6 is 31.9 Å². The Morgan fingerprint density at radius 3 is 2.62 bits per heavy atom. The summed E-state index contributed by atoms with van der Waals surface area (Å²) in [4.78, 5) is 15.8. The second-order valence-electron chi connectivity index (χ2n) is 4.92. The number of aromatic nitrogens is 2. The van der Waals surface area contributed by atoms with Gasteiger partial charge in [0.15, 0.2) is 0 Å². The van der Waals surface area contributed by atoms with Crippen LogP contribution in [0.4, 0.5) is 0 Å². The zero-order valence-electron chi connectivity index (χ0n) is 9.70. The Labute approximate surface area is 113 Å². The Hall–Kier alpha value is -0.160. The Balaban J connectivity index is 2.96. The summed E-state index contributed by atoms with van der Waals surface area (Å²) < 4.78 is 2.17. The maximum atomic E-state index is 11.8. The highest BCUT2D eigenvalue weighted by molar-refractivity contribution is 9.10. The fourth-order valence-corrected chi connectivity index (χ4v) is 2.87. The lowest BCUT2D eigenvalue weighted by atomic mass is 9.82. The number of alkyl halides is 1. The lowest BCUT2D eigenvalue weighted by molar-refractivity contribution is 0.236. The first kappa shape index (κ1) is 13.9. The molecule has 0 aliphatic rings. The molecular weight excluding hydrogens is 336 g/mol. The van der Waals surface area contributed by atoms with E-state index in [-0.39, 0.29) is 11.0 Å². The van der Waals surface area contributed by atoms with Crippen molar-refractivity contribution in [3.63, 3.8) is 0 Å². The van der Waals surface area contributed by atoms with Gasteiger partial charge in [-0.25, -0.2) is 4.98 Å². The number of halogens is 2. The van der Waals surface area contributed by atoms with Crippen LogP contribution in [0.25, 0.3) is 0 Å². The Morgan fingerprint density at radius 1 is 1.50 bits per heavy atom. The zero-order chi connectivity index (χ0) is 12.3. The third kappa shape index (κ3) is 3.42. The van der Waals surface area contributed by atoms with Crippen molar-refractivity contribution in [1.82, 2.24) is 9.55 Å². The van der Waals surface area contributed by atoms with Crippen molar-refractivity contribution in [2.45, 2.75) is 27.3 Å². The van der Waals surface area contributed by atoms with Crippen molar-refractivity contribution < 1.29 is 0 Å². The summed E-state index contributed by atoms with van der Waals surface area (Å²) >= 11 is 6.71. The molecule has 1 unspecified atom stereocenters. The Bertz CT molecular complexity index is 409. The summed E-state index contributed by atoms with van der Waals surface area (Å²) in [5.41, 5.74) is 0.135. The molecule has 90 valence electrons. The molecule has 0 spiro atoms. The molecule has 1 heterocycles. The van der Waals surface area contributed by atoms with Crippen LogP contribution in [-0.2, 0) is 6.54 Å². The molecule has 1 aromatic rings. The molecule has 3 nitrogen and oxygen atoms in total. The van der Waals surface area contributed by atoms with Gasteiger partial charge in [-0.05, 0) is 27.3 Å². The molecular formula is C11H16Br2N2O. The molecule has 0 aliphatic heterocycles. The highest BCUT2D eigenvalue weighted by Gasteiger charge is 2.24. The predicted octanol–water partition coefficient (Wildman–Crippen LogP) is 3.06. The van der Waals surface area contributed by atoms with Crippen molar-refractivity contribution in [3.8, 4) is 0 Å². The topological polar surface area (TPSA) is 34.9 Å². The molecule has 1 atom stereocenters.